The van der Waals surface area contributed by atoms with E-state index in [1.54, 1.807) is 12.1 Å². The van der Waals surface area contributed by atoms with Crippen molar-refractivity contribution in [2.75, 3.05) is 0 Å². The average molecular weight is 267 g/mol. The molecule has 0 aliphatic heterocycles. The molecule has 2 aromatic carbocycles. The maximum atomic E-state index is 12.4. The first kappa shape index (κ1) is 13.8. The van der Waals surface area contributed by atoms with Crippen LogP contribution in [0.3, 0.4) is 0 Å². The summed E-state index contributed by atoms with van der Waals surface area (Å²) in [6, 6.07) is 16.7. The molecular formula is C16H17N3O. The van der Waals surface area contributed by atoms with Gasteiger partial charge in [0.1, 0.15) is 0 Å². The highest BCUT2D eigenvalue weighted by Crippen LogP contribution is 2.10. The smallest absolute Gasteiger partial charge is 0.260 e. The second kappa shape index (κ2) is 6.02. The quantitative estimate of drug-likeness (QED) is 0.662. The minimum atomic E-state index is -0.263. The number of hydrogen-bond acceptors (Lipinski definition) is 2. The Morgan fingerprint density at radius 2 is 1.70 bits per heavy atom. The van der Waals surface area contributed by atoms with E-state index < -0.39 is 0 Å². The van der Waals surface area contributed by atoms with Crippen LogP contribution in [0.2, 0.25) is 0 Å². The number of rotatable bonds is 3. The van der Waals surface area contributed by atoms with Gasteiger partial charge in [-0.1, -0.05) is 48.0 Å². The van der Waals surface area contributed by atoms with Gasteiger partial charge in [0.15, 0.2) is 5.96 Å². The monoisotopic (exact) mass is 267 g/mol. The van der Waals surface area contributed by atoms with Crippen LogP contribution in [-0.4, -0.2) is 16.8 Å². The molecule has 0 fully saturated rings. The number of guanidine groups is 1. The first-order valence-electron chi connectivity index (χ1n) is 6.34. The molecule has 0 aliphatic rings. The summed E-state index contributed by atoms with van der Waals surface area (Å²) in [7, 11) is 0. The standard InChI is InChI=1S/C16H17N3O/c1-12-7-9-14(10-8-12)15(20)19(16(17)18)11-13-5-3-2-4-6-13/h2-10H,11H2,1H3,(H3,17,18). The second-order valence-electron chi connectivity index (χ2n) is 4.63. The van der Waals surface area contributed by atoms with Crippen molar-refractivity contribution in [2.45, 2.75) is 13.5 Å². The predicted molar refractivity (Wildman–Crippen MR) is 79.4 cm³/mol. The lowest BCUT2D eigenvalue weighted by atomic mass is 10.1. The molecule has 0 atom stereocenters. The molecule has 1 amide bonds. The van der Waals surface area contributed by atoms with Crippen LogP contribution in [0.1, 0.15) is 21.5 Å². The first-order valence-corrected chi connectivity index (χ1v) is 6.34. The molecule has 0 unspecified atom stereocenters. The van der Waals surface area contributed by atoms with Crippen molar-refractivity contribution < 1.29 is 4.79 Å². The molecule has 0 aromatic heterocycles. The van der Waals surface area contributed by atoms with Crippen molar-refractivity contribution in [1.82, 2.24) is 4.90 Å². The number of nitrogens with zero attached hydrogens (tertiary/aromatic N) is 1. The van der Waals surface area contributed by atoms with Crippen LogP contribution in [0.5, 0.6) is 0 Å². The van der Waals surface area contributed by atoms with Gasteiger partial charge in [-0.05, 0) is 24.6 Å². The SMILES string of the molecule is Cc1ccc(C(=O)N(Cc2ccccc2)C(=N)N)cc1. The van der Waals surface area contributed by atoms with Crippen molar-refractivity contribution in [3.63, 3.8) is 0 Å². The van der Waals surface area contributed by atoms with Crippen molar-refractivity contribution in [2.24, 2.45) is 5.73 Å². The van der Waals surface area contributed by atoms with Gasteiger partial charge < -0.3 is 5.73 Å². The van der Waals surface area contributed by atoms with Gasteiger partial charge in [-0.25, -0.2) is 0 Å². The summed E-state index contributed by atoms with van der Waals surface area (Å²) in [4.78, 5) is 13.7. The fourth-order valence-corrected chi connectivity index (χ4v) is 1.88. The van der Waals surface area contributed by atoms with E-state index in [9.17, 15) is 4.79 Å². The molecule has 3 N–H and O–H groups in total. The molecule has 0 spiro atoms. The van der Waals surface area contributed by atoms with Gasteiger partial charge in [0, 0.05) is 5.56 Å². The molecule has 0 bridgehead atoms. The van der Waals surface area contributed by atoms with Crippen LogP contribution >= 0.6 is 0 Å². The van der Waals surface area contributed by atoms with Gasteiger partial charge in [-0.3, -0.25) is 15.1 Å². The van der Waals surface area contributed by atoms with Gasteiger partial charge in [-0.15, -0.1) is 0 Å². The van der Waals surface area contributed by atoms with Crippen LogP contribution in [0, 0.1) is 12.3 Å². The molecule has 2 rings (SSSR count). The lowest BCUT2D eigenvalue weighted by Gasteiger charge is -2.20. The molecule has 2 aromatic rings. The predicted octanol–water partition coefficient (Wildman–Crippen LogP) is 2.53. The van der Waals surface area contributed by atoms with Gasteiger partial charge in [0.05, 0.1) is 6.54 Å². The number of aryl methyl sites for hydroxylation is 1. The highest BCUT2D eigenvalue weighted by molar-refractivity contribution is 6.04. The van der Waals surface area contributed by atoms with Crippen LogP contribution in [0.25, 0.3) is 0 Å². The van der Waals surface area contributed by atoms with Crippen LogP contribution < -0.4 is 5.73 Å². The summed E-state index contributed by atoms with van der Waals surface area (Å²) in [6.45, 7) is 2.25. The number of carbonyl (C=O) groups is 1. The maximum absolute atomic E-state index is 12.4. The van der Waals surface area contributed by atoms with Gasteiger partial charge >= 0.3 is 0 Å². The Kier molecular flexibility index (Phi) is 4.15. The molecule has 102 valence electrons. The third kappa shape index (κ3) is 3.23. The fourth-order valence-electron chi connectivity index (χ4n) is 1.88. The van der Waals surface area contributed by atoms with Crippen LogP contribution in [-0.2, 0) is 6.54 Å². The Morgan fingerprint density at radius 1 is 1.10 bits per heavy atom. The number of hydrogen-bond donors (Lipinski definition) is 2. The third-order valence-corrected chi connectivity index (χ3v) is 3.02. The van der Waals surface area contributed by atoms with E-state index in [0.29, 0.717) is 12.1 Å². The molecule has 0 saturated carbocycles. The van der Waals surface area contributed by atoms with Gasteiger partial charge in [-0.2, -0.15) is 0 Å². The van der Waals surface area contributed by atoms with E-state index in [1.165, 1.54) is 4.90 Å². The molecule has 0 radical (unpaired) electrons. The summed E-state index contributed by atoms with van der Waals surface area (Å²) in [5, 5.41) is 7.61. The molecule has 20 heavy (non-hydrogen) atoms. The summed E-state index contributed by atoms with van der Waals surface area (Å²) >= 11 is 0. The third-order valence-electron chi connectivity index (χ3n) is 3.02. The average Bonchev–Trinajstić information content (AvgIpc) is 2.45. The topological polar surface area (TPSA) is 70.2 Å². The zero-order valence-electron chi connectivity index (χ0n) is 11.3. The normalized spacial score (nSPS) is 10.1. The summed E-state index contributed by atoms with van der Waals surface area (Å²) in [6.07, 6.45) is 0. The zero-order chi connectivity index (χ0) is 14.5. The van der Waals surface area contributed by atoms with E-state index in [4.69, 9.17) is 11.1 Å². The summed E-state index contributed by atoms with van der Waals surface area (Å²) in [5.41, 5.74) is 8.09. The van der Waals surface area contributed by atoms with Crippen molar-refractivity contribution in [3.8, 4) is 0 Å². The number of benzene rings is 2. The van der Waals surface area contributed by atoms with E-state index >= 15 is 0 Å². The number of nitrogens with one attached hydrogen (secondary N) is 1. The summed E-state index contributed by atoms with van der Waals surface area (Å²) < 4.78 is 0. The van der Waals surface area contributed by atoms with E-state index in [-0.39, 0.29) is 11.9 Å². The largest absolute Gasteiger partial charge is 0.370 e. The number of nitrogens with two attached hydrogens (primary N) is 1. The molecular weight excluding hydrogens is 250 g/mol. The molecule has 4 nitrogen and oxygen atoms in total. The highest BCUT2D eigenvalue weighted by atomic mass is 16.2. The Balaban J connectivity index is 2.22. The molecule has 0 saturated heterocycles. The van der Waals surface area contributed by atoms with Gasteiger partial charge in [0.25, 0.3) is 5.91 Å². The van der Waals surface area contributed by atoms with E-state index in [1.807, 2.05) is 49.4 Å². The summed E-state index contributed by atoms with van der Waals surface area (Å²) in [5.74, 6) is -0.513. The van der Waals surface area contributed by atoms with Crippen LogP contribution in [0.4, 0.5) is 0 Å². The lowest BCUT2D eigenvalue weighted by molar-refractivity contribution is 0.0837. The molecule has 4 heteroatoms. The Bertz CT molecular complexity index is 605. The van der Waals surface area contributed by atoms with Crippen molar-refractivity contribution in [3.05, 3.63) is 71.3 Å². The second-order valence-corrected chi connectivity index (χ2v) is 4.63. The van der Waals surface area contributed by atoms with Crippen LogP contribution in [0.15, 0.2) is 54.6 Å². The Morgan fingerprint density at radius 3 is 2.25 bits per heavy atom. The molecule has 0 aliphatic carbocycles. The van der Waals surface area contributed by atoms with E-state index in [2.05, 4.69) is 0 Å². The minimum absolute atomic E-state index is 0.251. The number of carbonyl (C=O) groups excluding carboxylic acids is 1. The Labute approximate surface area is 118 Å². The fraction of sp³-hybridized carbons (Fsp3) is 0.125. The first-order chi connectivity index (χ1) is 9.58. The Hall–Kier alpha value is -2.62. The maximum Gasteiger partial charge on any atom is 0.260 e. The highest BCUT2D eigenvalue weighted by Gasteiger charge is 2.18. The van der Waals surface area contributed by atoms with Crippen molar-refractivity contribution in [1.29, 1.82) is 5.41 Å². The van der Waals surface area contributed by atoms with E-state index in [0.717, 1.165) is 11.1 Å². The van der Waals surface area contributed by atoms with Crippen molar-refractivity contribution >= 4 is 11.9 Å². The zero-order valence-corrected chi connectivity index (χ0v) is 11.3. The lowest BCUT2D eigenvalue weighted by Crippen LogP contribution is -2.40. The minimum Gasteiger partial charge on any atom is -0.370 e. The molecule has 0 heterocycles. The van der Waals surface area contributed by atoms with Gasteiger partial charge in [0.2, 0.25) is 0 Å². The number of amides is 1.